The zero-order valence-electron chi connectivity index (χ0n) is 15.1. The van der Waals surface area contributed by atoms with E-state index in [1.54, 1.807) is 24.4 Å². The van der Waals surface area contributed by atoms with Crippen LogP contribution in [0.3, 0.4) is 0 Å². The Bertz CT molecular complexity index is 729. The van der Waals surface area contributed by atoms with Gasteiger partial charge < -0.3 is 9.84 Å². The van der Waals surface area contributed by atoms with E-state index in [-0.39, 0.29) is 5.56 Å². The van der Waals surface area contributed by atoms with Crippen LogP contribution in [-0.4, -0.2) is 23.9 Å². The molecule has 0 saturated carbocycles. The number of carbonyl (C=O) groups is 1. The number of unbranched alkanes of at least 4 members (excludes halogenated alkanes) is 4. The average molecular weight is 354 g/mol. The van der Waals surface area contributed by atoms with Crippen LogP contribution in [0.15, 0.2) is 53.6 Å². The molecule has 0 heterocycles. The summed E-state index contributed by atoms with van der Waals surface area (Å²) in [6, 6.07) is 14.3. The van der Waals surface area contributed by atoms with Crippen molar-refractivity contribution in [2.75, 3.05) is 12.0 Å². The fourth-order valence-electron chi connectivity index (χ4n) is 2.54. The number of hydrogen-bond acceptors (Lipinski definition) is 4. The Morgan fingerprint density at radius 2 is 1.81 bits per heavy atom. The number of carboxylic acids is 1. The zero-order valence-corrected chi connectivity index (χ0v) is 15.1. The maximum atomic E-state index is 11.2. The third-order valence-electron chi connectivity index (χ3n) is 3.97. The summed E-state index contributed by atoms with van der Waals surface area (Å²) in [4.78, 5) is 11.2. The number of rotatable bonds is 11. The molecule has 0 spiro atoms. The third-order valence-corrected chi connectivity index (χ3v) is 3.97. The molecule has 2 aromatic rings. The van der Waals surface area contributed by atoms with Gasteiger partial charge in [0.2, 0.25) is 0 Å². The molecule has 0 unspecified atom stereocenters. The highest BCUT2D eigenvalue weighted by atomic mass is 16.5. The van der Waals surface area contributed by atoms with Crippen LogP contribution in [0.2, 0.25) is 0 Å². The Morgan fingerprint density at radius 1 is 1.08 bits per heavy atom. The Kier molecular flexibility index (Phi) is 8.19. The van der Waals surface area contributed by atoms with Gasteiger partial charge in [0, 0.05) is 5.56 Å². The van der Waals surface area contributed by atoms with Gasteiger partial charge in [-0.15, -0.1) is 0 Å². The summed E-state index contributed by atoms with van der Waals surface area (Å²) >= 11 is 0. The second-order valence-corrected chi connectivity index (χ2v) is 6.02. The van der Waals surface area contributed by atoms with Gasteiger partial charge in [0.05, 0.1) is 24.1 Å². The third kappa shape index (κ3) is 6.24. The molecule has 5 heteroatoms. The predicted octanol–water partition coefficient (Wildman–Crippen LogP) is 5.18. The predicted molar refractivity (Wildman–Crippen MR) is 105 cm³/mol. The van der Waals surface area contributed by atoms with Crippen molar-refractivity contribution in [3.8, 4) is 5.75 Å². The highest BCUT2D eigenvalue weighted by Crippen LogP contribution is 2.18. The first kappa shape index (κ1) is 19.5. The SMILES string of the molecule is CCCCCCCOc1ccccc1C=NNc1ccccc1C(=O)O. The van der Waals surface area contributed by atoms with Gasteiger partial charge in [0.1, 0.15) is 5.75 Å². The molecular formula is C21H26N2O3. The van der Waals surface area contributed by atoms with Crippen molar-refractivity contribution >= 4 is 17.9 Å². The van der Waals surface area contributed by atoms with Gasteiger partial charge in [-0.1, -0.05) is 56.9 Å². The fourth-order valence-corrected chi connectivity index (χ4v) is 2.54. The highest BCUT2D eigenvalue weighted by molar-refractivity contribution is 5.94. The number of anilines is 1. The first-order valence-electron chi connectivity index (χ1n) is 9.05. The molecule has 0 aliphatic carbocycles. The lowest BCUT2D eigenvalue weighted by atomic mass is 10.2. The van der Waals surface area contributed by atoms with Crippen LogP contribution in [0.5, 0.6) is 5.75 Å². The molecule has 138 valence electrons. The van der Waals surface area contributed by atoms with E-state index >= 15 is 0 Å². The van der Waals surface area contributed by atoms with E-state index < -0.39 is 5.97 Å². The molecule has 0 radical (unpaired) electrons. The minimum Gasteiger partial charge on any atom is -0.493 e. The van der Waals surface area contributed by atoms with E-state index in [9.17, 15) is 9.90 Å². The number of nitrogens with one attached hydrogen (secondary N) is 1. The lowest BCUT2D eigenvalue weighted by Gasteiger charge is -2.09. The summed E-state index contributed by atoms with van der Waals surface area (Å²) in [5.41, 5.74) is 4.27. The minimum absolute atomic E-state index is 0.182. The molecule has 0 bridgehead atoms. The number of carboxylic acid groups (broad SMARTS) is 1. The van der Waals surface area contributed by atoms with E-state index in [0.29, 0.717) is 12.3 Å². The van der Waals surface area contributed by atoms with Crippen LogP contribution in [0.4, 0.5) is 5.69 Å². The normalized spacial score (nSPS) is 10.8. The van der Waals surface area contributed by atoms with Crippen LogP contribution in [0, 0.1) is 0 Å². The summed E-state index contributed by atoms with van der Waals surface area (Å²) in [5.74, 6) is -0.213. The van der Waals surface area contributed by atoms with Gasteiger partial charge in [-0.05, 0) is 30.7 Å². The second kappa shape index (κ2) is 10.9. The quantitative estimate of drug-likeness (QED) is 0.331. The van der Waals surface area contributed by atoms with Crippen molar-refractivity contribution in [3.63, 3.8) is 0 Å². The minimum atomic E-state index is -0.991. The summed E-state index contributed by atoms with van der Waals surface area (Å²) in [5, 5.41) is 13.4. The maximum absolute atomic E-state index is 11.2. The lowest BCUT2D eigenvalue weighted by Crippen LogP contribution is -2.03. The Labute approximate surface area is 154 Å². The number of aromatic carboxylic acids is 1. The summed E-state index contributed by atoms with van der Waals surface area (Å²) < 4.78 is 5.87. The second-order valence-electron chi connectivity index (χ2n) is 6.02. The van der Waals surface area contributed by atoms with Crippen molar-refractivity contribution in [2.24, 2.45) is 5.10 Å². The Hall–Kier alpha value is -2.82. The van der Waals surface area contributed by atoms with E-state index in [1.165, 1.54) is 31.7 Å². The van der Waals surface area contributed by atoms with Crippen molar-refractivity contribution in [3.05, 3.63) is 59.7 Å². The number of hydrazone groups is 1. The van der Waals surface area contributed by atoms with Crippen molar-refractivity contribution < 1.29 is 14.6 Å². The molecule has 0 aromatic heterocycles. The molecule has 0 aliphatic rings. The van der Waals surface area contributed by atoms with Gasteiger partial charge >= 0.3 is 5.97 Å². The molecular weight excluding hydrogens is 328 g/mol. The van der Waals surface area contributed by atoms with Crippen LogP contribution in [-0.2, 0) is 0 Å². The molecule has 2 N–H and O–H groups in total. The van der Waals surface area contributed by atoms with Crippen LogP contribution >= 0.6 is 0 Å². The van der Waals surface area contributed by atoms with Crippen molar-refractivity contribution in [1.82, 2.24) is 0 Å². The monoisotopic (exact) mass is 354 g/mol. The standard InChI is InChI=1S/C21H26N2O3/c1-2-3-4-5-10-15-26-20-14-9-6-11-17(20)16-22-23-19-13-8-7-12-18(19)21(24)25/h6-9,11-14,16,23H,2-5,10,15H2,1H3,(H,24,25). The smallest absolute Gasteiger partial charge is 0.337 e. The van der Waals surface area contributed by atoms with Crippen molar-refractivity contribution in [2.45, 2.75) is 39.0 Å². The summed E-state index contributed by atoms with van der Waals surface area (Å²) in [6.07, 6.45) is 7.61. The van der Waals surface area contributed by atoms with Crippen LogP contribution in [0.25, 0.3) is 0 Å². The van der Waals surface area contributed by atoms with Crippen molar-refractivity contribution in [1.29, 1.82) is 0 Å². The molecule has 2 rings (SSSR count). The molecule has 0 amide bonds. The summed E-state index contributed by atoms with van der Waals surface area (Å²) in [6.45, 7) is 2.89. The summed E-state index contributed by atoms with van der Waals surface area (Å²) in [7, 11) is 0. The zero-order chi connectivity index (χ0) is 18.6. The number of hydrogen-bond donors (Lipinski definition) is 2. The van der Waals surface area contributed by atoms with Gasteiger partial charge in [-0.25, -0.2) is 4.79 Å². The van der Waals surface area contributed by atoms with E-state index in [4.69, 9.17) is 4.74 Å². The van der Waals surface area contributed by atoms with Crippen LogP contribution in [0.1, 0.15) is 54.9 Å². The molecule has 0 fully saturated rings. The molecule has 0 aliphatic heterocycles. The van der Waals surface area contributed by atoms with Crippen LogP contribution < -0.4 is 10.2 Å². The lowest BCUT2D eigenvalue weighted by molar-refractivity contribution is 0.0698. The van der Waals surface area contributed by atoms with E-state index in [0.717, 1.165) is 17.7 Å². The molecule has 0 saturated heterocycles. The molecule has 26 heavy (non-hydrogen) atoms. The fraction of sp³-hybridized carbons (Fsp3) is 0.333. The molecule has 5 nitrogen and oxygen atoms in total. The van der Waals surface area contributed by atoms with E-state index in [1.807, 2.05) is 24.3 Å². The average Bonchev–Trinajstić information content (AvgIpc) is 2.66. The number of benzene rings is 2. The van der Waals surface area contributed by atoms with Gasteiger partial charge in [0.25, 0.3) is 0 Å². The largest absolute Gasteiger partial charge is 0.493 e. The number of ether oxygens (including phenoxy) is 1. The number of nitrogens with zero attached hydrogens (tertiary/aromatic N) is 1. The Morgan fingerprint density at radius 3 is 2.62 bits per heavy atom. The first-order valence-corrected chi connectivity index (χ1v) is 9.05. The molecule has 0 atom stereocenters. The van der Waals surface area contributed by atoms with Gasteiger partial charge in [0.15, 0.2) is 0 Å². The Balaban J connectivity index is 1.93. The highest BCUT2D eigenvalue weighted by Gasteiger charge is 2.07. The van der Waals surface area contributed by atoms with Gasteiger partial charge in [-0.2, -0.15) is 5.10 Å². The number of para-hydroxylation sites is 2. The first-order chi connectivity index (χ1) is 12.7. The molecule has 2 aromatic carbocycles. The van der Waals surface area contributed by atoms with E-state index in [2.05, 4.69) is 17.5 Å². The topological polar surface area (TPSA) is 70.9 Å². The maximum Gasteiger partial charge on any atom is 0.337 e. The van der Waals surface area contributed by atoms with Gasteiger partial charge in [-0.3, -0.25) is 5.43 Å².